The summed E-state index contributed by atoms with van der Waals surface area (Å²) in [4.78, 5) is 24.6. The summed E-state index contributed by atoms with van der Waals surface area (Å²) in [5.41, 5.74) is 0.454. The van der Waals surface area contributed by atoms with Crippen LogP contribution in [0.15, 0.2) is 29.8 Å². The van der Waals surface area contributed by atoms with Crippen molar-refractivity contribution in [3.8, 4) is 5.75 Å². The van der Waals surface area contributed by atoms with Crippen LogP contribution in [0.3, 0.4) is 0 Å². The van der Waals surface area contributed by atoms with Gasteiger partial charge in [0.05, 0.1) is 18.8 Å². The van der Waals surface area contributed by atoms with E-state index in [1.807, 2.05) is 0 Å². The van der Waals surface area contributed by atoms with E-state index >= 15 is 0 Å². The fraction of sp³-hybridized carbons (Fsp3) is 0.231. The molecule has 6 nitrogen and oxygen atoms in total. The number of carbonyl (C=O) groups excluding carboxylic acids is 1. The van der Waals surface area contributed by atoms with Crippen molar-refractivity contribution < 1.29 is 19.4 Å². The first-order valence-electron chi connectivity index (χ1n) is 5.88. The Hall–Kier alpha value is -2.21. The van der Waals surface area contributed by atoms with E-state index in [4.69, 9.17) is 21.4 Å². The zero-order valence-electron chi connectivity index (χ0n) is 10.6. The predicted molar refractivity (Wildman–Crippen MR) is 74.6 cm³/mol. The molecule has 0 atom stereocenters. The Kier molecular flexibility index (Phi) is 4.14. The number of hydrogen-bond donors (Lipinski definition) is 2. The molecular formula is C13H13ClN2O4. The number of carboxylic acids is 1. The molecule has 1 heterocycles. The molecule has 0 saturated heterocycles. The van der Waals surface area contributed by atoms with E-state index in [-0.39, 0.29) is 30.5 Å². The van der Waals surface area contributed by atoms with Crippen LogP contribution in [0.25, 0.3) is 0 Å². The SMILES string of the molecule is C=C(Cl)CNC(=O)N1CCOc2c(C(=O)O)cccc21. The van der Waals surface area contributed by atoms with Gasteiger partial charge in [-0.2, -0.15) is 0 Å². The van der Waals surface area contributed by atoms with E-state index in [0.29, 0.717) is 17.3 Å². The number of carboxylic acid groups (broad SMARTS) is 1. The summed E-state index contributed by atoms with van der Waals surface area (Å²) in [7, 11) is 0. The van der Waals surface area contributed by atoms with E-state index in [0.717, 1.165) is 0 Å². The van der Waals surface area contributed by atoms with Crippen LogP contribution in [-0.2, 0) is 0 Å². The fourth-order valence-corrected chi connectivity index (χ4v) is 1.96. The van der Waals surface area contributed by atoms with Crippen molar-refractivity contribution in [1.82, 2.24) is 5.32 Å². The van der Waals surface area contributed by atoms with Gasteiger partial charge in [0.25, 0.3) is 0 Å². The summed E-state index contributed by atoms with van der Waals surface area (Å²) in [5.74, 6) is -0.899. The molecule has 1 aromatic carbocycles. The molecule has 0 fully saturated rings. The number of hydrogen-bond acceptors (Lipinski definition) is 3. The second-order valence-corrected chi connectivity index (χ2v) is 4.67. The van der Waals surface area contributed by atoms with Crippen molar-refractivity contribution in [3.05, 3.63) is 35.4 Å². The van der Waals surface area contributed by atoms with Crippen LogP contribution in [0.5, 0.6) is 5.75 Å². The lowest BCUT2D eigenvalue weighted by Crippen LogP contribution is -2.44. The summed E-state index contributed by atoms with van der Waals surface area (Å²) in [6.07, 6.45) is 0. The number of rotatable bonds is 3. The maximum Gasteiger partial charge on any atom is 0.339 e. The summed E-state index contributed by atoms with van der Waals surface area (Å²) >= 11 is 5.60. The van der Waals surface area contributed by atoms with Crippen LogP contribution >= 0.6 is 11.6 Å². The molecule has 0 aromatic heterocycles. The summed E-state index contributed by atoms with van der Waals surface area (Å²) in [6, 6.07) is 4.26. The highest BCUT2D eigenvalue weighted by Gasteiger charge is 2.27. The standard InChI is InChI=1S/C13H13ClN2O4/c1-8(14)7-15-13(19)16-5-6-20-11-9(12(17)18)3-2-4-10(11)16/h2-4H,1,5-7H2,(H,15,19)(H,17,18). The quantitative estimate of drug-likeness (QED) is 0.894. The van der Waals surface area contributed by atoms with E-state index in [9.17, 15) is 9.59 Å². The van der Waals surface area contributed by atoms with Crippen LogP contribution < -0.4 is 15.0 Å². The number of fused-ring (bicyclic) bond motifs is 1. The minimum atomic E-state index is -1.10. The molecule has 1 aliphatic heterocycles. The molecule has 0 bridgehead atoms. The Morgan fingerprint density at radius 3 is 2.90 bits per heavy atom. The van der Waals surface area contributed by atoms with Gasteiger partial charge >= 0.3 is 12.0 Å². The minimum Gasteiger partial charge on any atom is -0.489 e. The molecule has 20 heavy (non-hydrogen) atoms. The molecule has 2 rings (SSSR count). The zero-order valence-corrected chi connectivity index (χ0v) is 11.3. The molecule has 0 saturated carbocycles. The number of carbonyl (C=O) groups is 2. The fourth-order valence-electron chi connectivity index (χ4n) is 1.89. The molecule has 1 aromatic rings. The summed E-state index contributed by atoms with van der Waals surface area (Å²) in [6.45, 7) is 4.19. The van der Waals surface area contributed by atoms with E-state index < -0.39 is 5.97 Å². The number of amides is 2. The van der Waals surface area contributed by atoms with Crippen molar-refractivity contribution in [1.29, 1.82) is 0 Å². The van der Waals surface area contributed by atoms with Gasteiger partial charge in [0.2, 0.25) is 0 Å². The lowest BCUT2D eigenvalue weighted by Gasteiger charge is -2.30. The van der Waals surface area contributed by atoms with Gasteiger partial charge in [-0.15, -0.1) is 0 Å². The van der Waals surface area contributed by atoms with E-state index in [2.05, 4.69) is 11.9 Å². The molecular weight excluding hydrogens is 284 g/mol. The number of benzene rings is 1. The Balaban J connectivity index is 2.29. The number of para-hydroxylation sites is 1. The second-order valence-electron chi connectivity index (χ2n) is 4.14. The van der Waals surface area contributed by atoms with E-state index in [1.54, 1.807) is 12.1 Å². The highest BCUT2D eigenvalue weighted by atomic mass is 35.5. The normalized spacial score (nSPS) is 13.2. The molecule has 0 aliphatic carbocycles. The van der Waals surface area contributed by atoms with Crippen molar-refractivity contribution >= 4 is 29.3 Å². The van der Waals surface area contributed by atoms with Gasteiger partial charge < -0.3 is 15.2 Å². The molecule has 2 N–H and O–H groups in total. The van der Waals surface area contributed by atoms with Gasteiger partial charge in [-0.1, -0.05) is 24.2 Å². The van der Waals surface area contributed by atoms with Crippen LogP contribution in [0.4, 0.5) is 10.5 Å². The average Bonchev–Trinajstić information content (AvgIpc) is 2.43. The predicted octanol–water partition coefficient (Wildman–Crippen LogP) is 2.05. The average molecular weight is 297 g/mol. The summed E-state index contributed by atoms with van der Waals surface area (Å²) < 4.78 is 5.38. The van der Waals surface area contributed by atoms with Crippen LogP contribution in [0, 0.1) is 0 Å². The number of aromatic carboxylic acids is 1. The number of urea groups is 1. The third-order valence-electron chi connectivity index (χ3n) is 2.75. The topological polar surface area (TPSA) is 78.9 Å². The zero-order chi connectivity index (χ0) is 14.7. The van der Waals surface area contributed by atoms with Gasteiger partial charge in [0, 0.05) is 5.03 Å². The molecule has 0 spiro atoms. The van der Waals surface area contributed by atoms with Crippen molar-refractivity contribution in [2.24, 2.45) is 0 Å². The Labute approximate surface area is 120 Å². The lowest BCUT2D eigenvalue weighted by atomic mass is 10.1. The molecule has 0 unspecified atom stereocenters. The maximum atomic E-state index is 12.1. The molecule has 7 heteroatoms. The minimum absolute atomic E-state index is 0.0294. The molecule has 2 amide bonds. The largest absolute Gasteiger partial charge is 0.489 e. The highest BCUT2D eigenvalue weighted by molar-refractivity contribution is 6.29. The molecule has 1 aliphatic rings. The van der Waals surface area contributed by atoms with Crippen molar-refractivity contribution in [3.63, 3.8) is 0 Å². The smallest absolute Gasteiger partial charge is 0.339 e. The second kappa shape index (κ2) is 5.83. The first-order valence-corrected chi connectivity index (χ1v) is 6.26. The molecule has 0 radical (unpaired) electrons. The number of anilines is 1. The maximum absolute atomic E-state index is 12.1. The van der Waals surface area contributed by atoms with E-state index in [1.165, 1.54) is 11.0 Å². The first-order chi connectivity index (χ1) is 9.50. The number of halogens is 1. The van der Waals surface area contributed by atoms with Gasteiger partial charge in [-0.3, -0.25) is 4.90 Å². The third kappa shape index (κ3) is 2.85. The Bertz CT molecular complexity index is 573. The monoisotopic (exact) mass is 296 g/mol. The van der Waals surface area contributed by atoms with Crippen LogP contribution in [0.2, 0.25) is 0 Å². The van der Waals surface area contributed by atoms with Gasteiger partial charge in [0.1, 0.15) is 12.2 Å². The Morgan fingerprint density at radius 1 is 1.50 bits per heavy atom. The van der Waals surface area contributed by atoms with Crippen molar-refractivity contribution in [2.75, 3.05) is 24.6 Å². The first kappa shape index (κ1) is 14.2. The van der Waals surface area contributed by atoms with Crippen LogP contribution in [0.1, 0.15) is 10.4 Å². The molecule has 106 valence electrons. The van der Waals surface area contributed by atoms with Gasteiger partial charge in [-0.05, 0) is 12.1 Å². The highest BCUT2D eigenvalue weighted by Crippen LogP contribution is 2.34. The third-order valence-corrected chi connectivity index (χ3v) is 2.89. The number of nitrogens with one attached hydrogen (secondary N) is 1. The number of nitrogens with zero attached hydrogens (tertiary/aromatic N) is 1. The van der Waals surface area contributed by atoms with Gasteiger partial charge in [-0.25, -0.2) is 9.59 Å². The number of ether oxygens (including phenoxy) is 1. The van der Waals surface area contributed by atoms with Crippen LogP contribution in [-0.4, -0.2) is 36.8 Å². The Morgan fingerprint density at radius 2 is 2.25 bits per heavy atom. The van der Waals surface area contributed by atoms with Gasteiger partial charge in [0.15, 0.2) is 5.75 Å². The van der Waals surface area contributed by atoms with Crippen molar-refractivity contribution in [2.45, 2.75) is 0 Å². The lowest BCUT2D eigenvalue weighted by molar-refractivity contribution is 0.0692. The summed E-state index contributed by atoms with van der Waals surface area (Å²) in [5, 5.41) is 12.0.